The first-order chi connectivity index (χ1) is 14.0. The first kappa shape index (κ1) is 18.9. The van der Waals surface area contributed by atoms with E-state index in [4.69, 9.17) is 4.42 Å². The molecule has 1 fully saturated rings. The number of hydrogen-bond donors (Lipinski definition) is 1. The molecule has 1 saturated heterocycles. The number of pyridine rings is 1. The number of likely N-dealkylation sites (tertiary alicyclic amines) is 1. The van der Waals surface area contributed by atoms with Gasteiger partial charge in [0.15, 0.2) is 11.6 Å². The highest BCUT2D eigenvalue weighted by Gasteiger charge is 2.24. The van der Waals surface area contributed by atoms with Crippen molar-refractivity contribution < 1.29 is 18.1 Å². The Morgan fingerprint density at radius 1 is 1.28 bits per heavy atom. The summed E-state index contributed by atoms with van der Waals surface area (Å²) in [5.74, 6) is -1.04. The highest BCUT2D eigenvalue weighted by atomic mass is 19.2. The standard InChI is InChI=1S/C19H17F2N5O3/c20-16-3-1-12(7-17(16)21)19-24-14(11-29-19)10-25-6-5-13(9-25)23-18-4-2-15(8-22-18)26(27)28/h1-4,7-8,11,13H,5-6,9-10H2,(H,22,23). The quantitative estimate of drug-likeness (QED) is 0.498. The van der Waals surface area contributed by atoms with E-state index in [-0.39, 0.29) is 17.6 Å². The molecular weight excluding hydrogens is 384 g/mol. The number of aromatic nitrogens is 2. The maximum absolute atomic E-state index is 13.4. The SMILES string of the molecule is O=[N+]([O-])c1ccc(NC2CCN(Cc3coc(-c4ccc(F)c(F)c4)n3)C2)nc1. The predicted octanol–water partition coefficient (Wildman–Crippen LogP) is 3.61. The van der Waals surface area contributed by atoms with Gasteiger partial charge in [0.05, 0.1) is 10.6 Å². The van der Waals surface area contributed by atoms with E-state index in [1.807, 2.05) is 0 Å². The molecule has 1 N–H and O–H groups in total. The number of hydrogen-bond acceptors (Lipinski definition) is 7. The molecule has 4 rings (SSSR count). The van der Waals surface area contributed by atoms with E-state index >= 15 is 0 Å². The molecule has 1 aromatic carbocycles. The Balaban J connectivity index is 1.34. The van der Waals surface area contributed by atoms with Gasteiger partial charge in [-0.2, -0.15) is 0 Å². The summed E-state index contributed by atoms with van der Waals surface area (Å²) in [6.07, 6.45) is 3.62. The molecule has 0 radical (unpaired) electrons. The Morgan fingerprint density at radius 2 is 2.14 bits per heavy atom. The topological polar surface area (TPSA) is 97.3 Å². The molecule has 150 valence electrons. The lowest BCUT2D eigenvalue weighted by Gasteiger charge is -2.15. The Bertz CT molecular complexity index is 1020. The van der Waals surface area contributed by atoms with Crippen LogP contribution in [0.25, 0.3) is 11.5 Å². The van der Waals surface area contributed by atoms with Gasteiger partial charge in [-0.05, 0) is 30.7 Å². The molecule has 0 saturated carbocycles. The molecule has 0 aliphatic carbocycles. The fraction of sp³-hybridized carbons (Fsp3) is 0.263. The van der Waals surface area contributed by atoms with Crippen LogP contribution in [-0.2, 0) is 6.54 Å². The summed E-state index contributed by atoms with van der Waals surface area (Å²) in [5.41, 5.74) is 1.02. The van der Waals surface area contributed by atoms with Crippen LogP contribution in [-0.4, -0.2) is 38.9 Å². The van der Waals surface area contributed by atoms with Gasteiger partial charge in [0.1, 0.15) is 18.3 Å². The van der Waals surface area contributed by atoms with Crippen LogP contribution < -0.4 is 5.32 Å². The van der Waals surface area contributed by atoms with E-state index in [0.717, 1.165) is 31.6 Å². The fourth-order valence-corrected chi connectivity index (χ4v) is 3.25. The van der Waals surface area contributed by atoms with Crippen LogP contribution in [0.5, 0.6) is 0 Å². The van der Waals surface area contributed by atoms with Gasteiger partial charge in [0, 0.05) is 37.3 Å². The summed E-state index contributed by atoms with van der Waals surface area (Å²) in [6, 6.07) is 6.67. The van der Waals surface area contributed by atoms with Crippen LogP contribution >= 0.6 is 0 Å². The van der Waals surface area contributed by atoms with Gasteiger partial charge in [-0.3, -0.25) is 15.0 Å². The lowest BCUT2D eigenvalue weighted by molar-refractivity contribution is -0.385. The van der Waals surface area contributed by atoms with Crippen molar-refractivity contribution in [2.45, 2.75) is 19.0 Å². The van der Waals surface area contributed by atoms with Crippen molar-refractivity contribution in [3.63, 3.8) is 0 Å². The summed E-state index contributed by atoms with van der Waals surface area (Å²) in [4.78, 5) is 20.8. The summed E-state index contributed by atoms with van der Waals surface area (Å²) in [7, 11) is 0. The molecule has 10 heteroatoms. The summed E-state index contributed by atoms with van der Waals surface area (Å²) < 4.78 is 31.9. The van der Waals surface area contributed by atoms with Crippen molar-refractivity contribution in [1.82, 2.24) is 14.9 Å². The number of rotatable bonds is 6. The molecule has 0 spiro atoms. The second kappa shape index (κ2) is 7.92. The predicted molar refractivity (Wildman–Crippen MR) is 100 cm³/mol. The average Bonchev–Trinajstić information content (AvgIpc) is 3.34. The van der Waals surface area contributed by atoms with Crippen molar-refractivity contribution in [2.75, 3.05) is 18.4 Å². The summed E-state index contributed by atoms with van der Waals surface area (Å²) in [5, 5.41) is 14.0. The molecule has 3 aromatic rings. The zero-order chi connectivity index (χ0) is 20.4. The largest absolute Gasteiger partial charge is 0.444 e. The number of benzene rings is 1. The third kappa shape index (κ3) is 4.37. The fourth-order valence-electron chi connectivity index (χ4n) is 3.25. The molecule has 1 atom stereocenters. The summed E-state index contributed by atoms with van der Waals surface area (Å²) >= 11 is 0. The van der Waals surface area contributed by atoms with E-state index in [9.17, 15) is 18.9 Å². The van der Waals surface area contributed by atoms with Crippen molar-refractivity contribution >= 4 is 11.5 Å². The number of nitrogens with zero attached hydrogens (tertiary/aromatic N) is 4. The van der Waals surface area contributed by atoms with E-state index in [2.05, 4.69) is 20.2 Å². The van der Waals surface area contributed by atoms with Crippen molar-refractivity contribution in [3.8, 4) is 11.5 Å². The van der Waals surface area contributed by atoms with Crippen LogP contribution in [0, 0.1) is 21.7 Å². The number of nitro groups is 1. The zero-order valence-corrected chi connectivity index (χ0v) is 15.2. The number of halogens is 2. The lowest BCUT2D eigenvalue weighted by atomic mass is 10.2. The van der Waals surface area contributed by atoms with E-state index < -0.39 is 16.6 Å². The van der Waals surface area contributed by atoms with Crippen LogP contribution in [0.4, 0.5) is 20.3 Å². The normalized spacial score (nSPS) is 16.8. The Hall–Kier alpha value is -3.40. The Morgan fingerprint density at radius 3 is 2.86 bits per heavy atom. The van der Waals surface area contributed by atoms with Gasteiger partial charge in [-0.1, -0.05) is 0 Å². The number of anilines is 1. The molecule has 1 unspecified atom stereocenters. The first-order valence-corrected chi connectivity index (χ1v) is 8.97. The van der Waals surface area contributed by atoms with Crippen molar-refractivity contribution in [2.24, 2.45) is 0 Å². The molecule has 0 bridgehead atoms. The minimum atomic E-state index is -0.949. The summed E-state index contributed by atoms with van der Waals surface area (Å²) in [6.45, 7) is 2.13. The molecule has 1 aliphatic heterocycles. The lowest BCUT2D eigenvalue weighted by Crippen LogP contribution is -2.26. The van der Waals surface area contributed by atoms with E-state index in [0.29, 0.717) is 23.6 Å². The molecule has 0 amide bonds. The smallest absolute Gasteiger partial charge is 0.287 e. The average molecular weight is 401 g/mol. The maximum atomic E-state index is 13.4. The second-order valence-electron chi connectivity index (χ2n) is 6.80. The molecule has 29 heavy (non-hydrogen) atoms. The van der Waals surface area contributed by atoms with Gasteiger partial charge in [-0.15, -0.1) is 0 Å². The van der Waals surface area contributed by atoms with Crippen molar-refractivity contribution in [3.05, 3.63) is 70.2 Å². The van der Waals surface area contributed by atoms with Crippen molar-refractivity contribution in [1.29, 1.82) is 0 Å². The van der Waals surface area contributed by atoms with E-state index in [1.54, 1.807) is 6.07 Å². The molecule has 8 nitrogen and oxygen atoms in total. The van der Waals surface area contributed by atoms with Gasteiger partial charge >= 0.3 is 0 Å². The monoisotopic (exact) mass is 401 g/mol. The zero-order valence-electron chi connectivity index (χ0n) is 15.2. The second-order valence-corrected chi connectivity index (χ2v) is 6.80. The molecule has 2 aromatic heterocycles. The van der Waals surface area contributed by atoms with Gasteiger partial charge < -0.3 is 9.73 Å². The van der Waals surface area contributed by atoms with Crippen LogP contribution in [0.3, 0.4) is 0 Å². The van der Waals surface area contributed by atoms with Crippen LogP contribution in [0.15, 0.2) is 47.2 Å². The third-order valence-electron chi connectivity index (χ3n) is 4.69. The molecule has 3 heterocycles. The molecular formula is C19H17F2N5O3. The number of oxazole rings is 1. The Labute approximate surface area is 164 Å². The minimum Gasteiger partial charge on any atom is -0.444 e. The van der Waals surface area contributed by atoms with E-state index in [1.165, 1.54) is 24.6 Å². The first-order valence-electron chi connectivity index (χ1n) is 8.97. The highest BCUT2D eigenvalue weighted by molar-refractivity contribution is 5.53. The minimum absolute atomic E-state index is 0.0496. The van der Waals surface area contributed by atoms with Gasteiger partial charge in [0.2, 0.25) is 5.89 Å². The number of nitrogens with one attached hydrogen (secondary N) is 1. The van der Waals surface area contributed by atoms with Gasteiger partial charge in [-0.25, -0.2) is 18.7 Å². The van der Waals surface area contributed by atoms with Crippen LogP contribution in [0.2, 0.25) is 0 Å². The van der Waals surface area contributed by atoms with Gasteiger partial charge in [0.25, 0.3) is 5.69 Å². The molecule has 1 aliphatic rings. The highest BCUT2D eigenvalue weighted by Crippen LogP contribution is 2.23. The van der Waals surface area contributed by atoms with Crippen LogP contribution in [0.1, 0.15) is 12.1 Å². The Kier molecular flexibility index (Phi) is 5.17. The third-order valence-corrected chi connectivity index (χ3v) is 4.69. The maximum Gasteiger partial charge on any atom is 0.287 e.